The highest BCUT2D eigenvalue weighted by atomic mass is 19.1. The molecule has 156 valence electrons. The minimum atomic E-state index is -0.692. The van der Waals surface area contributed by atoms with E-state index < -0.39 is 11.8 Å². The van der Waals surface area contributed by atoms with Gasteiger partial charge < -0.3 is 23.8 Å². The molecule has 9 heteroatoms. The number of nitriles is 1. The van der Waals surface area contributed by atoms with Crippen LogP contribution in [0.1, 0.15) is 22.3 Å². The summed E-state index contributed by atoms with van der Waals surface area (Å²) in [5, 5.41) is 9.22. The number of ether oxygens (including phenoxy) is 4. The first-order valence-electron chi connectivity index (χ1n) is 9.16. The molecule has 0 atom stereocenters. The zero-order chi connectivity index (χ0) is 21.5. The average molecular weight is 414 g/mol. The standard InChI is InChI=1S/C21H19FN2O6/c1-27-20(25)14-3-4-15(13-23)19(11-14)30-18-6-5-16(12-17(18)22)28-9-2-7-24-8-10-29-21(24)26/h3-6,11-12H,2,7-10H2,1H3. The Balaban J connectivity index is 1.62. The fourth-order valence-corrected chi connectivity index (χ4v) is 2.79. The van der Waals surface area contributed by atoms with Crippen molar-refractivity contribution in [1.82, 2.24) is 4.90 Å². The highest BCUT2D eigenvalue weighted by molar-refractivity contribution is 5.90. The van der Waals surface area contributed by atoms with Crippen LogP contribution in [0.2, 0.25) is 0 Å². The fraction of sp³-hybridized carbons (Fsp3) is 0.286. The van der Waals surface area contributed by atoms with Gasteiger partial charge in [0.2, 0.25) is 0 Å². The number of hydrogen-bond donors (Lipinski definition) is 0. The minimum absolute atomic E-state index is 0.0328. The summed E-state index contributed by atoms with van der Waals surface area (Å²) in [6.45, 7) is 1.74. The van der Waals surface area contributed by atoms with E-state index in [4.69, 9.17) is 14.2 Å². The molecule has 0 spiro atoms. The molecule has 2 aromatic rings. The smallest absolute Gasteiger partial charge is 0.409 e. The van der Waals surface area contributed by atoms with Crippen LogP contribution in [0, 0.1) is 17.1 Å². The number of methoxy groups -OCH3 is 1. The Hall–Kier alpha value is -3.80. The molecule has 2 aromatic carbocycles. The van der Waals surface area contributed by atoms with Crippen molar-refractivity contribution in [3.63, 3.8) is 0 Å². The lowest BCUT2D eigenvalue weighted by Crippen LogP contribution is -2.26. The Morgan fingerprint density at radius 1 is 1.27 bits per heavy atom. The van der Waals surface area contributed by atoms with Gasteiger partial charge >= 0.3 is 12.1 Å². The van der Waals surface area contributed by atoms with E-state index in [9.17, 15) is 19.2 Å². The van der Waals surface area contributed by atoms with Crippen LogP contribution < -0.4 is 9.47 Å². The number of nitrogens with zero attached hydrogens (tertiary/aromatic N) is 2. The maximum Gasteiger partial charge on any atom is 0.409 e. The van der Waals surface area contributed by atoms with Gasteiger partial charge in [-0.05, 0) is 36.8 Å². The highest BCUT2D eigenvalue weighted by Crippen LogP contribution is 2.30. The first kappa shape index (κ1) is 20.9. The molecule has 0 aliphatic carbocycles. The van der Waals surface area contributed by atoms with E-state index >= 15 is 0 Å². The molecule has 0 bridgehead atoms. The van der Waals surface area contributed by atoms with E-state index in [-0.39, 0.29) is 28.7 Å². The van der Waals surface area contributed by atoms with E-state index in [1.54, 1.807) is 4.90 Å². The number of cyclic esters (lactones) is 1. The lowest BCUT2D eigenvalue weighted by atomic mass is 10.1. The zero-order valence-corrected chi connectivity index (χ0v) is 16.2. The number of hydrogen-bond acceptors (Lipinski definition) is 7. The van der Waals surface area contributed by atoms with Gasteiger partial charge in [-0.15, -0.1) is 0 Å². The number of amides is 1. The third-order valence-electron chi connectivity index (χ3n) is 4.33. The summed E-state index contributed by atoms with van der Waals surface area (Å²) >= 11 is 0. The summed E-state index contributed by atoms with van der Waals surface area (Å²) in [7, 11) is 1.23. The summed E-state index contributed by atoms with van der Waals surface area (Å²) in [6, 6.07) is 10.1. The van der Waals surface area contributed by atoms with Crippen molar-refractivity contribution in [2.24, 2.45) is 0 Å². The average Bonchev–Trinajstić information content (AvgIpc) is 3.17. The van der Waals surface area contributed by atoms with Crippen molar-refractivity contribution in [3.05, 3.63) is 53.3 Å². The SMILES string of the molecule is COC(=O)c1ccc(C#N)c(Oc2ccc(OCCCN3CCOC3=O)cc2F)c1. The molecule has 1 fully saturated rings. The van der Waals surface area contributed by atoms with Gasteiger partial charge in [0.05, 0.1) is 31.4 Å². The van der Waals surface area contributed by atoms with Crippen LogP contribution in [0.15, 0.2) is 36.4 Å². The summed E-state index contributed by atoms with van der Waals surface area (Å²) in [5.74, 6) is -1.09. The number of rotatable bonds is 8. The molecule has 0 saturated carbocycles. The largest absolute Gasteiger partial charge is 0.493 e. The van der Waals surface area contributed by atoms with Gasteiger partial charge in [0.1, 0.15) is 24.2 Å². The van der Waals surface area contributed by atoms with Crippen LogP contribution >= 0.6 is 0 Å². The molecule has 1 heterocycles. The Morgan fingerprint density at radius 3 is 2.77 bits per heavy atom. The second-order valence-corrected chi connectivity index (χ2v) is 6.31. The van der Waals surface area contributed by atoms with Crippen LogP contribution in [0.4, 0.5) is 9.18 Å². The van der Waals surface area contributed by atoms with Gasteiger partial charge in [-0.3, -0.25) is 0 Å². The molecule has 1 saturated heterocycles. The molecule has 3 rings (SSSR count). The predicted molar refractivity (Wildman–Crippen MR) is 102 cm³/mol. The predicted octanol–water partition coefficient (Wildman–Crippen LogP) is 3.50. The third-order valence-corrected chi connectivity index (χ3v) is 4.33. The third kappa shape index (κ3) is 4.97. The van der Waals surface area contributed by atoms with Crippen LogP contribution in [0.3, 0.4) is 0 Å². The van der Waals surface area contributed by atoms with Gasteiger partial charge in [-0.25, -0.2) is 14.0 Å². The maximum atomic E-state index is 14.5. The minimum Gasteiger partial charge on any atom is -0.493 e. The maximum absolute atomic E-state index is 14.5. The molecular weight excluding hydrogens is 395 g/mol. The van der Waals surface area contributed by atoms with Crippen LogP contribution in [0.5, 0.6) is 17.2 Å². The van der Waals surface area contributed by atoms with Gasteiger partial charge in [0.25, 0.3) is 0 Å². The Bertz CT molecular complexity index is 988. The monoisotopic (exact) mass is 414 g/mol. The van der Waals surface area contributed by atoms with Crippen molar-refractivity contribution >= 4 is 12.1 Å². The van der Waals surface area contributed by atoms with Crippen molar-refractivity contribution < 1.29 is 32.9 Å². The quantitative estimate of drug-likeness (QED) is 0.482. The van der Waals surface area contributed by atoms with E-state index in [2.05, 4.69) is 4.74 Å². The number of carbonyl (C=O) groups is 2. The molecule has 30 heavy (non-hydrogen) atoms. The molecule has 0 aromatic heterocycles. The molecule has 0 unspecified atom stereocenters. The molecule has 0 radical (unpaired) electrons. The second kappa shape index (κ2) is 9.60. The van der Waals surface area contributed by atoms with Crippen molar-refractivity contribution in [2.75, 3.05) is 33.4 Å². The van der Waals surface area contributed by atoms with E-state index in [1.165, 1.54) is 37.4 Å². The van der Waals surface area contributed by atoms with Crippen LogP contribution in [0.25, 0.3) is 0 Å². The fourth-order valence-electron chi connectivity index (χ4n) is 2.79. The Kier molecular flexibility index (Phi) is 6.70. The van der Waals surface area contributed by atoms with E-state index in [1.807, 2.05) is 6.07 Å². The number of esters is 1. The summed E-state index contributed by atoms with van der Waals surface area (Å²) < 4.78 is 35.0. The molecule has 1 aliphatic rings. The van der Waals surface area contributed by atoms with Crippen LogP contribution in [-0.4, -0.2) is 50.4 Å². The molecule has 1 amide bonds. The molecule has 1 aliphatic heterocycles. The highest BCUT2D eigenvalue weighted by Gasteiger charge is 2.21. The number of carbonyl (C=O) groups excluding carboxylic acids is 2. The Morgan fingerprint density at radius 2 is 2.10 bits per heavy atom. The Labute approximate surface area is 172 Å². The van der Waals surface area contributed by atoms with E-state index in [0.717, 1.165) is 6.07 Å². The van der Waals surface area contributed by atoms with Gasteiger partial charge in [-0.2, -0.15) is 5.26 Å². The first-order chi connectivity index (χ1) is 14.5. The molecular formula is C21H19FN2O6. The van der Waals surface area contributed by atoms with Crippen molar-refractivity contribution in [2.45, 2.75) is 6.42 Å². The van der Waals surface area contributed by atoms with Crippen molar-refractivity contribution in [3.8, 4) is 23.3 Å². The van der Waals surface area contributed by atoms with Crippen molar-refractivity contribution in [1.29, 1.82) is 5.26 Å². The topological polar surface area (TPSA) is 98.1 Å². The zero-order valence-electron chi connectivity index (χ0n) is 16.2. The lowest BCUT2D eigenvalue weighted by molar-refractivity contribution is 0.0600. The summed E-state index contributed by atoms with van der Waals surface area (Å²) in [5.41, 5.74) is 0.316. The molecule has 0 N–H and O–H groups in total. The second-order valence-electron chi connectivity index (χ2n) is 6.31. The molecule has 8 nitrogen and oxygen atoms in total. The van der Waals surface area contributed by atoms with Crippen LogP contribution in [-0.2, 0) is 9.47 Å². The number of benzene rings is 2. The summed E-state index contributed by atoms with van der Waals surface area (Å²) in [4.78, 5) is 24.6. The normalized spacial score (nSPS) is 12.8. The van der Waals surface area contributed by atoms with E-state index in [0.29, 0.717) is 38.5 Å². The van der Waals surface area contributed by atoms with Gasteiger partial charge in [-0.1, -0.05) is 0 Å². The van der Waals surface area contributed by atoms with Gasteiger partial charge in [0.15, 0.2) is 11.6 Å². The first-order valence-corrected chi connectivity index (χ1v) is 9.16. The summed E-state index contributed by atoms with van der Waals surface area (Å²) in [6.07, 6.45) is 0.233. The lowest BCUT2D eigenvalue weighted by Gasteiger charge is -2.13. The van der Waals surface area contributed by atoms with Gasteiger partial charge in [0, 0.05) is 12.6 Å². The number of halogens is 1.